The van der Waals surface area contributed by atoms with Crippen LogP contribution in [0.3, 0.4) is 0 Å². The van der Waals surface area contributed by atoms with E-state index in [-0.39, 0.29) is 5.41 Å². The Morgan fingerprint density at radius 3 is 2.74 bits per heavy atom. The van der Waals surface area contributed by atoms with Crippen LogP contribution >= 0.6 is 0 Å². The van der Waals surface area contributed by atoms with Crippen LogP contribution in [-0.2, 0) is 26.6 Å². The second-order valence-corrected chi connectivity index (χ2v) is 12.7. The molecule has 2 aliphatic heterocycles. The second-order valence-electron chi connectivity index (χ2n) is 11.5. The summed E-state index contributed by atoms with van der Waals surface area (Å²) < 4.78 is 23.0. The van der Waals surface area contributed by atoms with Crippen LogP contribution in [0, 0.1) is 18.8 Å². The van der Waals surface area contributed by atoms with Gasteiger partial charge in [0.2, 0.25) is 0 Å². The van der Waals surface area contributed by atoms with Gasteiger partial charge in [-0.15, -0.1) is 0 Å². The van der Waals surface area contributed by atoms with Crippen LogP contribution in [0.2, 0.25) is 0 Å². The molecule has 1 amide bonds. The zero-order valence-corrected chi connectivity index (χ0v) is 24.0. The maximum atomic E-state index is 13.0. The Balaban J connectivity index is 0.00000151. The summed E-state index contributed by atoms with van der Waals surface area (Å²) in [7, 11) is -0.498. The van der Waals surface area contributed by atoms with Crippen LogP contribution in [0.5, 0.6) is 5.75 Å². The molecule has 2 heterocycles. The van der Waals surface area contributed by atoms with Gasteiger partial charge >= 0.3 is 0 Å². The van der Waals surface area contributed by atoms with Crippen molar-refractivity contribution in [3.8, 4) is 5.75 Å². The summed E-state index contributed by atoms with van der Waals surface area (Å²) in [5.41, 5.74) is 5.60. The quantitative estimate of drug-likeness (QED) is 0.316. The van der Waals surface area contributed by atoms with Gasteiger partial charge < -0.3 is 23.3 Å². The molecule has 0 saturated heterocycles. The molecule has 1 spiro atoms. The lowest BCUT2D eigenvalue weighted by Gasteiger charge is -2.44. The Morgan fingerprint density at radius 2 is 1.92 bits per heavy atom. The first-order valence-electron chi connectivity index (χ1n) is 14.4. The predicted octanol–water partition coefficient (Wildman–Crippen LogP) is 6.13. The summed E-state index contributed by atoms with van der Waals surface area (Å²) in [6.07, 6.45) is 13.2. The molecular weight excluding hydrogens is 508 g/mol. The molecule has 2 aromatic carbocycles. The molecule has 6 nitrogen and oxygen atoms in total. The number of fused-ring (bicyclic) bond motifs is 4. The fourth-order valence-corrected chi connectivity index (χ4v) is 7.58. The molecule has 210 valence electrons. The van der Waals surface area contributed by atoms with E-state index >= 15 is 0 Å². The summed E-state index contributed by atoms with van der Waals surface area (Å²) in [5.74, 6) is 2.19. The molecule has 6 rings (SSSR count). The highest BCUT2D eigenvalue weighted by Gasteiger charge is 2.43. The maximum absolute atomic E-state index is 13.0. The van der Waals surface area contributed by atoms with E-state index < -0.39 is 16.5 Å². The maximum Gasteiger partial charge on any atom is 0.254 e. The molecule has 0 unspecified atom stereocenters. The van der Waals surface area contributed by atoms with Crippen molar-refractivity contribution in [3.63, 3.8) is 0 Å². The first-order valence-corrected chi connectivity index (χ1v) is 15.6. The zero-order valence-electron chi connectivity index (χ0n) is 23.2. The van der Waals surface area contributed by atoms with Crippen molar-refractivity contribution in [2.24, 2.45) is 16.2 Å². The van der Waals surface area contributed by atoms with Crippen molar-refractivity contribution in [3.05, 3.63) is 70.8 Å². The van der Waals surface area contributed by atoms with Gasteiger partial charge in [-0.25, -0.2) is 0 Å². The summed E-state index contributed by atoms with van der Waals surface area (Å²) in [5, 5.41) is 7.00. The Bertz CT molecular complexity index is 1320. The van der Waals surface area contributed by atoms with E-state index in [0.29, 0.717) is 29.8 Å². The lowest BCUT2D eigenvalue weighted by Crippen LogP contribution is -2.48. The summed E-state index contributed by atoms with van der Waals surface area (Å²) in [6.45, 7) is 4.67. The molecule has 1 saturated carbocycles. The number of amides is 1. The van der Waals surface area contributed by atoms with Crippen molar-refractivity contribution >= 4 is 22.2 Å². The minimum atomic E-state index is -1.50. The average Bonchev–Trinajstić information content (AvgIpc) is 3.08. The number of hydrogen-bond acceptors (Lipinski definition) is 6. The van der Waals surface area contributed by atoms with E-state index in [0.717, 1.165) is 70.2 Å². The number of hydrogen-bond donors (Lipinski definition) is 1. The highest BCUT2D eigenvalue weighted by Crippen LogP contribution is 2.46. The van der Waals surface area contributed by atoms with Crippen molar-refractivity contribution in [2.75, 3.05) is 37.5 Å². The lowest BCUT2D eigenvalue weighted by atomic mass is 9.68. The third kappa shape index (κ3) is 5.94. The molecular formula is C32H41N2O4S-. The first-order chi connectivity index (χ1) is 19.0. The Labute approximate surface area is 234 Å². The smallest absolute Gasteiger partial charge is 0.254 e. The zero-order chi connectivity index (χ0) is 27.4. The van der Waals surface area contributed by atoms with Crippen molar-refractivity contribution in [1.29, 1.82) is 0 Å². The average molecular weight is 550 g/mol. The van der Waals surface area contributed by atoms with Gasteiger partial charge in [0.1, 0.15) is 5.75 Å². The number of nitrogens with zero attached hydrogens (tertiary/aromatic N) is 2. The van der Waals surface area contributed by atoms with Crippen LogP contribution in [0.15, 0.2) is 52.9 Å². The highest BCUT2D eigenvalue weighted by molar-refractivity contribution is 7.75. The van der Waals surface area contributed by atoms with Gasteiger partial charge in [0, 0.05) is 31.2 Å². The van der Waals surface area contributed by atoms with Gasteiger partial charge in [-0.3, -0.25) is 4.79 Å². The highest BCUT2D eigenvalue weighted by atomic mass is 32.2. The van der Waals surface area contributed by atoms with E-state index in [1.165, 1.54) is 29.5 Å². The SMILES string of the molecule is CO.Cc1ccc2c(c1)CCC[C@]21COc2ccc3cc2N(C[C@@H]2CC[C@H]2C/C=C/CCC[S-](=O)=NC3=O)C1. The predicted molar refractivity (Wildman–Crippen MR) is 157 cm³/mol. The Kier molecular flexibility index (Phi) is 8.77. The third-order valence-electron chi connectivity index (χ3n) is 8.99. The van der Waals surface area contributed by atoms with Gasteiger partial charge in [-0.1, -0.05) is 48.1 Å². The van der Waals surface area contributed by atoms with Crippen LogP contribution in [0.25, 0.3) is 0 Å². The Morgan fingerprint density at radius 1 is 1.08 bits per heavy atom. The van der Waals surface area contributed by atoms with E-state index in [1.807, 2.05) is 12.1 Å². The van der Waals surface area contributed by atoms with E-state index in [4.69, 9.17) is 9.84 Å². The topological polar surface area (TPSA) is 79.2 Å². The van der Waals surface area contributed by atoms with Crippen molar-refractivity contribution in [2.45, 2.75) is 63.7 Å². The van der Waals surface area contributed by atoms with Gasteiger partial charge in [-0.05, 0) is 93.0 Å². The fraction of sp³-hybridized carbons (Fsp3) is 0.531. The normalized spacial score (nSPS) is 27.9. The van der Waals surface area contributed by atoms with Crippen molar-refractivity contribution < 1.29 is 18.8 Å². The molecule has 2 aromatic rings. The largest absolute Gasteiger partial charge is 0.490 e. The number of aliphatic hydroxyl groups is 1. The minimum absolute atomic E-state index is 0.0731. The van der Waals surface area contributed by atoms with Gasteiger partial charge in [0.05, 0.1) is 12.3 Å². The van der Waals surface area contributed by atoms with E-state index in [9.17, 15) is 9.00 Å². The van der Waals surface area contributed by atoms with Crippen LogP contribution in [0.4, 0.5) is 5.69 Å². The number of ether oxygens (including phenoxy) is 1. The number of aryl methyl sites for hydroxylation is 2. The van der Waals surface area contributed by atoms with Gasteiger partial charge in [0.15, 0.2) is 0 Å². The molecule has 4 aliphatic rings. The number of carbonyl (C=O) groups excluding carboxylic acids is 1. The van der Waals surface area contributed by atoms with E-state index in [1.54, 1.807) is 6.07 Å². The molecule has 3 atom stereocenters. The standard InChI is InChI=1S/C31H37N2O3S.CH4O/c1-22-9-13-27-24(17-22)8-6-15-31(27)20-33-19-26-11-10-23(26)7-4-2-3-5-16-37(35)32-30(34)25-12-14-29(36-21-31)28(33)18-25;1-2/h2,4,9,12-14,17-18,23,26H,3,5-8,10-11,15-16,19-21H2,1H3;2H,1H3/q-1;/b4-2+;/t23-,26+,31+;/m1./s1. The third-order valence-corrected chi connectivity index (χ3v) is 9.99. The first kappa shape index (κ1) is 27.9. The number of anilines is 1. The van der Waals surface area contributed by atoms with Gasteiger partial charge in [0.25, 0.3) is 5.91 Å². The van der Waals surface area contributed by atoms with Crippen LogP contribution in [-0.4, -0.2) is 43.6 Å². The van der Waals surface area contributed by atoms with Crippen molar-refractivity contribution in [1.82, 2.24) is 0 Å². The number of carbonyl (C=O) groups is 1. The Hall–Kier alpha value is -2.64. The minimum Gasteiger partial charge on any atom is -0.490 e. The number of rotatable bonds is 0. The molecule has 2 aliphatic carbocycles. The van der Waals surface area contributed by atoms with Crippen LogP contribution < -0.4 is 9.64 Å². The molecule has 2 bridgehead atoms. The number of allylic oxidation sites excluding steroid dienone is 2. The number of benzene rings is 2. The summed E-state index contributed by atoms with van der Waals surface area (Å²) >= 11 is 0. The molecule has 0 radical (unpaired) electrons. The molecule has 7 heteroatoms. The second kappa shape index (κ2) is 12.3. The molecule has 0 aromatic heterocycles. The lowest BCUT2D eigenvalue weighted by molar-refractivity contribution is 0.100. The molecule has 39 heavy (non-hydrogen) atoms. The molecule has 1 N–H and O–H groups in total. The molecule has 1 fully saturated rings. The summed E-state index contributed by atoms with van der Waals surface area (Å²) in [6, 6.07) is 12.6. The van der Waals surface area contributed by atoms with E-state index in [2.05, 4.69) is 46.5 Å². The summed E-state index contributed by atoms with van der Waals surface area (Å²) in [4.78, 5) is 15.5. The number of aliphatic hydroxyl groups excluding tert-OH is 1. The fourth-order valence-electron chi connectivity index (χ4n) is 6.78. The van der Waals surface area contributed by atoms with Gasteiger partial charge in [-0.2, -0.15) is 10.6 Å². The van der Waals surface area contributed by atoms with Crippen LogP contribution in [0.1, 0.15) is 72.0 Å². The monoisotopic (exact) mass is 549 g/mol.